The van der Waals surface area contributed by atoms with Crippen molar-refractivity contribution < 1.29 is 4.79 Å². The third-order valence-corrected chi connectivity index (χ3v) is 2.37. The molecule has 1 amide bonds. The minimum Gasteiger partial charge on any atom is -0.339 e. The zero-order valence-corrected chi connectivity index (χ0v) is 7.26. The fourth-order valence-corrected chi connectivity index (χ4v) is 1.34. The van der Waals surface area contributed by atoms with Gasteiger partial charge >= 0.3 is 0 Å². The number of hydrogen-bond acceptors (Lipinski definition) is 2. The van der Waals surface area contributed by atoms with Crippen molar-refractivity contribution >= 4 is 5.91 Å². The summed E-state index contributed by atoms with van der Waals surface area (Å²) in [5.41, 5.74) is 5.81. The van der Waals surface area contributed by atoms with Crippen molar-refractivity contribution in [2.24, 2.45) is 5.73 Å². The lowest BCUT2D eigenvalue weighted by molar-refractivity contribution is -0.138. The van der Waals surface area contributed by atoms with Gasteiger partial charge in [-0.15, -0.1) is 0 Å². The van der Waals surface area contributed by atoms with Crippen LogP contribution in [0.2, 0.25) is 0 Å². The van der Waals surface area contributed by atoms with E-state index in [2.05, 4.69) is 6.92 Å². The van der Waals surface area contributed by atoms with E-state index < -0.39 is 0 Å². The lowest BCUT2D eigenvalue weighted by Gasteiger charge is -2.47. The molecule has 11 heavy (non-hydrogen) atoms. The van der Waals surface area contributed by atoms with Crippen LogP contribution in [0.5, 0.6) is 0 Å². The van der Waals surface area contributed by atoms with E-state index in [1.807, 2.05) is 11.8 Å². The fraction of sp³-hybridized carbons (Fsp3) is 0.875. The van der Waals surface area contributed by atoms with Crippen LogP contribution in [0.3, 0.4) is 0 Å². The Balaban J connectivity index is 2.34. The van der Waals surface area contributed by atoms with E-state index in [0.29, 0.717) is 6.42 Å². The third kappa shape index (κ3) is 1.53. The molecule has 3 nitrogen and oxygen atoms in total. The van der Waals surface area contributed by atoms with E-state index in [0.717, 1.165) is 19.5 Å². The summed E-state index contributed by atoms with van der Waals surface area (Å²) < 4.78 is 0. The maximum atomic E-state index is 11.1. The summed E-state index contributed by atoms with van der Waals surface area (Å²) in [7, 11) is 0. The molecule has 1 aliphatic rings. The average molecular weight is 156 g/mol. The maximum absolute atomic E-state index is 11.1. The number of rotatable bonds is 2. The lowest BCUT2D eigenvalue weighted by atomic mass is 9.88. The number of hydrogen-bond donors (Lipinski definition) is 1. The molecule has 2 N–H and O–H groups in total. The summed E-state index contributed by atoms with van der Waals surface area (Å²) in [5, 5.41) is 0. The second kappa shape index (κ2) is 2.81. The SMILES string of the molecule is CCC(=O)N1CC(N)(CC)C1. The van der Waals surface area contributed by atoms with Gasteiger partial charge in [-0.25, -0.2) is 0 Å². The Morgan fingerprint density at radius 1 is 1.55 bits per heavy atom. The van der Waals surface area contributed by atoms with Crippen LogP contribution in [0, 0.1) is 0 Å². The van der Waals surface area contributed by atoms with Crippen LogP contribution in [0.15, 0.2) is 0 Å². The summed E-state index contributed by atoms with van der Waals surface area (Å²) in [5.74, 6) is 0.222. The molecule has 0 radical (unpaired) electrons. The van der Waals surface area contributed by atoms with E-state index >= 15 is 0 Å². The molecular formula is C8H16N2O. The van der Waals surface area contributed by atoms with E-state index in [4.69, 9.17) is 5.73 Å². The molecule has 1 fully saturated rings. The molecule has 0 spiro atoms. The van der Waals surface area contributed by atoms with E-state index in [1.165, 1.54) is 0 Å². The zero-order valence-electron chi connectivity index (χ0n) is 7.26. The molecule has 0 aliphatic carbocycles. The predicted octanol–water partition coefficient (Wildman–Crippen LogP) is 0.346. The molecule has 1 heterocycles. The number of nitrogens with zero attached hydrogens (tertiary/aromatic N) is 1. The van der Waals surface area contributed by atoms with E-state index in [-0.39, 0.29) is 11.4 Å². The molecular weight excluding hydrogens is 140 g/mol. The summed E-state index contributed by atoms with van der Waals surface area (Å²) in [4.78, 5) is 12.9. The van der Waals surface area contributed by atoms with Gasteiger partial charge in [0.25, 0.3) is 0 Å². The highest BCUT2D eigenvalue weighted by Gasteiger charge is 2.39. The first-order chi connectivity index (χ1) is 5.11. The summed E-state index contributed by atoms with van der Waals surface area (Å²) in [6.45, 7) is 5.44. The van der Waals surface area contributed by atoms with Gasteiger partial charge in [0.05, 0.1) is 5.54 Å². The topological polar surface area (TPSA) is 46.3 Å². The van der Waals surface area contributed by atoms with Gasteiger partial charge in [-0.1, -0.05) is 13.8 Å². The van der Waals surface area contributed by atoms with Gasteiger partial charge in [-0.3, -0.25) is 4.79 Å². The second-order valence-corrected chi connectivity index (χ2v) is 3.32. The molecule has 1 saturated heterocycles. The van der Waals surface area contributed by atoms with Crippen molar-refractivity contribution in [2.45, 2.75) is 32.2 Å². The Morgan fingerprint density at radius 2 is 2.09 bits per heavy atom. The quantitative estimate of drug-likeness (QED) is 0.627. The van der Waals surface area contributed by atoms with Crippen molar-refractivity contribution in [3.63, 3.8) is 0 Å². The number of carbonyl (C=O) groups excluding carboxylic acids is 1. The molecule has 1 rings (SSSR count). The van der Waals surface area contributed by atoms with Crippen LogP contribution < -0.4 is 5.73 Å². The van der Waals surface area contributed by atoms with E-state index in [9.17, 15) is 4.79 Å². The van der Waals surface area contributed by atoms with Gasteiger partial charge in [0.15, 0.2) is 0 Å². The molecule has 1 aliphatic heterocycles. The number of likely N-dealkylation sites (tertiary alicyclic amines) is 1. The van der Waals surface area contributed by atoms with Crippen molar-refractivity contribution in [1.82, 2.24) is 4.90 Å². The van der Waals surface area contributed by atoms with Crippen molar-refractivity contribution in [1.29, 1.82) is 0 Å². The number of carbonyl (C=O) groups is 1. The highest BCUT2D eigenvalue weighted by Crippen LogP contribution is 2.21. The Hall–Kier alpha value is -0.570. The zero-order chi connectivity index (χ0) is 8.48. The van der Waals surface area contributed by atoms with Crippen molar-refractivity contribution in [2.75, 3.05) is 13.1 Å². The molecule has 3 heteroatoms. The molecule has 0 aromatic rings. The molecule has 0 aromatic heterocycles. The lowest BCUT2D eigenvalue weighted by Crippen LogP contribution is -2.68. The Labute approximate surface area is 67.5 Å². The standard InChI is InChI=1S/C8H16N2O/c1-3-7(11)10-5-8(9,4-2)6-10/h3-6,9H2,1-2H3. The first kappa shape index (κ1) is 8.53. The molecule has 0 bridgehead atoms. The van der Waals surface area contributed by atoms with Gasteiger partial charge in [-0.2, -0.15) is 0 Å². The Morgan fingerprint density at radius 3 is 2.45 bits per heavy atom. The molecule has 64 valence electrons. The van der Waals surface area contributed by atoms with Crippen LogP contribution in [-0.2, 0) is 4.79 Å². The average Bonchev–Trinajstić information content (AvgIpc) is 1.97. The second-order valence-electron chi connectivity index (χ2n) is 3.32. The number of amides is 1. The van der Waals surface area contributed by atoms with Gasteiger partial charge in [-0.05, 0) is 6.42 Å². The van der Waals surface area contributed by atoms with E-state index in [1.54, 1.807) is 0 Å². The monoisotopic (exact) mass is 156 g/mol. The smallest absolute Gasteiger partial charge is 0.222 e. The minimum absolute atomic E-state index is 0.0785. The first-order valence-electron chi connectivity index (χ1n) is 4.18. The molecule has 0 unspecified atom stereocenters. The maximum Gasteiger partial charge on any atom is 0.222 e. The summed E-state index contributed by atoms with van der Waals surface area (Å²) in [6, 6.07) is 0. The van der Waals surface area contributed by atoms with Crippen LogP contribution in [0.1, 0.15) is 26.7 Å². The Kier molecular flexibility index (Phi) is 2.18. The largest absolute Gasteiger partial charge is 0.339 e. The molecule has 0 aromatic carbocycles. The van der Waals surface area contributed by atoms with Gasteiger partial charge in [0.1, 0.15) is 0 Å². The Bertz CT molecular complexity index is 161. The summed E-state index contributed by atoms with van der Waals surface area (Å²) in [6.07, 6.45) is 1.56. The molecule has 0 atom stereocenters. The van der Waals surface area contributed by atoms with Crippen LogP contribution in [0.4, 0.5) is 0 Å². The number of nitrogens with two attached hydrogens (primary N) is 1. The van der Waals surface area contributed by atoms with Crippen LogP contribution in [0.25, 0.3) is 0 Å². The highest BCUT2D eigenvalue weighted by molar-refractivity contribution is 5.77. The van der Waals surface area contributed by atoms with Gasteiger partial charge in [0.2, 0.25) is 5.91 Å². The fourth-order valence-electron chi connectivity index (χ4n) is 1.34. The summed E-state index contributed by atoms with van der Waals surface area (Å²) >= 11 is 0. The minimum atomic E-state index is -0.0785. The van der Waals surface area contributed by atoms with Crippen molar-refractivity contribution in [3.8, 4) is 0 Å². The van der Waals surface area contributed by atoms with Crippen LogP contribution in [-0.4, -0.2) is 29.4 Å². The molecule has 0 saturated carbocycles. The predicted molar refractivity (Wildman–Crippen MR) is 44.1 cm³/mol. The normalized spacial score (nSPS) is 21.2. The van der Waals surface area contributed by atoms with Gasteiger partial charge in [0, 0.05) is 19.5 Å². The highest BCUT2D eigenvalue weighted by atomic mass is 16.2. The van der Waals surface area contributed by atoms with Crippen LogP contribution >= 0.6 is 0 Å². The van der Waals surface area contributed by atoms with Gasteiger partial charge < -0.3 is 10.6 Å². The third-order valence-electron chi connectivity index (χ3n) is 2.37. The first-order valence-corrected chi connectivity index (χ1v) is 4.18. The van der Waals surface area contributed by atoms with Crippen molar-refractivity contribution in [3.05, 3.63) is 0 Å².